The van der Waals surface area contributed by atoms with Crippen molar-refractivity contribution in [2.45, 2.75) is 12.5 Å². The second-order valence-corrected chi connectivity index (χ2v) is 6.65. The Balaban J connectivity index is 1.76. The van der Waals surface area contributed by atoms with E-state index in [-0.39, 0.29) is 11.6 Å². The van der Waals surface area contributed by atoms with Crippen LogP contribution in [0.25, 0.3) is 16.5 Å². The summed E-state index contributed by atoms with van der Waals surface area (Å²) < 4.78 is 0. The number of aliphatic hydroxyl groups is 1. The molecule has 1 saturated heterocycles. The molecule has 0 aliphatic carbocycles. The number of nitro benzene ring substituents is 1. The van der Waals surface area contributed by atoms with Gasteiger partial charge in [-0.25, -0.2) is 0 Å². The Kier molecular flexibility index (Phi) is 4.73. The fourth-order valence-electron chi connectivity index (χ4n) is 2.63. The Hall–Kier alpha value is -2.51. The Labute approximate surface area is 142 Å². The number of hydrogen-bond donors (Lipinski definition) is 1. The molecule has 1 atom stereocenters. The fourth-order valence-corrected chi connectivity index (χ4v) is 3.57. The number of hydrogen-bond acceptors (Lipinski definition) is 5. The number of benzene rings is 1. The van der Waals surface area contributed by atoms with E-state index in [0.717, 1.165) is 9.75 Å². The normalized spacial score (nSPS) is 17.5. The summed E-state index contributed by atoms with van der Waals surface area (Å²) in [5, 5.41) is 20.6. The van der Waals surface area contributed by atoms with Crippen molar-refractivity contribution in [2.24, 2.45) is 0 Å². The van der Waals surface area contributed by atoms with Crippen molar-refractivity contribution in [1.29, 1.82) is 0 Å². The predicted molar refractivity (Wildman–Crippen MR) is 92.6 cm³/mol. The Bertz CT molecular complexity index is 799. The van der Waals surface area contributed by atoms with Crippen LogP contribution in [0.3, 0.4) is 0 Å². The Morgan fingerprint density at radius 1 is 1.33 bits per heavy atom. The van der Waals surface area contributed by atoms with Crippen LogP contribution in [0.4, 0.5) is 5.69 Å². The highest BCUT2D eigenvalue weighted by Crippen LogP contribution is 2.35. The molecule has 1 aliphatic heterocycles. The van der Waals surface area contributed by atoms with Crippen LogP contribution in [0.1, 0.15) is 11.3 Å². The first-order valence-corrected chi connectivity index (χ1v) is 8.35. The standard InChI is InChI=1S/C17H16N2O4S/c20-12-9-10-18(11-12)17(21)8-6-13-5-7-16(24-13)14-3-1-2-4-15(14)19(22)23/h1-8,12,20H,9-11H2/t12-/m1/s1. The molecule has 3 rings (SSSR count). The van der Waals surface area contributed by atoms with Crippen LogP contribution in [0.5, 0.6) is 0 Å². The van der Waals surface area contributed by atoms with Gasteiger partial charge in [-0.05, 0) is 30.7 Å². The lowest BCUT2D eigenvalue weighted by Gasteiger charge is -2.11. The molecule has 2 heterocycles. The smallest absolute Gasteiger partial charge is 0.278 e. The van der Waals surface area contributed by atoms with E-state index in [9.17, 15) is 20.0 Å². The molecule has 0 spiro atoms. The molecular weight excluding hydrogens is 328 g/mol. The molecule has 1 aromatic heterocycles. The zero-order valence-electron chi connectivity index (χ0n) is 12.8. The molecule has 124 valence electrons. The first-order chi connectivity index (χ1) is 11.5. The van der Waals surface area contributed by atoms with Gasteiger partial charge >= 0.3 is 0 Å². The van der Waals surface area contributed by atoms with Crippen molar-refractivity contribution < 1.29 is 14.8 Å². The highest BCUT2D eigenvalue weighted by Gasteiger charge is 2.22. The summed E-state index contributed by atoms with van der Waals surface area (Å²) >= 11 is 1.39. The number of amides is 1. The van der Waals surface area contributed by atoms with Gasteiger partial charge in [0.05, 0.1) is 16.6 Å². The van der Waals surface area contributed by atoms with Crippen LogP contribution in [-0.4, -0.2) is 40.0 Å². The third-order valence-corrected chi connectivity index (χ3v) is 4.94. The molecule has 0 radical (unpaired) electrons. The first-order valence-electron chi connectivity index (χ1n) is 7.53. The minimum absolute atomic E-state index is 0.0667. The number of carbonyl (C=O) groups is 1. The second-order valence-electron chi connectivity index (χ2n) is 5.54. The third kappa shape index (κ3) is 3.52. The SMILES string of the molecule is O=C(C=Cc1ccc(-c2ccccc2[N+](=O)[O-])s1)N1CC[C@@H](O)C1. The van der Waals surface area contributed by atoms with Crippen molar-refractivity contribution in [3.63, 3.8) is 0 Å². The van der Waals surface area contributed by atoms with Gasteiger partial charge in [0.15, 0.2) is 0 Å². The molecular formula is C17H16N2O4S. The minimum atomic E-state index is -0.436. The predicted octanol–water partition coefficient (Wildman–Crippen LogP) is 2.93. The van der Waals surface area contributed by atoms with Gasteiger partial charge < -0.3 is 10.0 Å². The minimum Gasteiger partial charge on any atom is -0.391 e. The number of rotatable bonds is 4. The van der Waals surface area contributed by atoms with E-state index in [1.165, 1.54) is 23.5 Å². The molecule has 0 saturated carbocycles. The number of nitrogens with zero attached hydrogens (tertiary/aromatic N) is 2. The van der Waals surface area contributed by atoms with Crippen LogP contribution in [0.15, 0.2) is 42.5 Å². The summed E-state index contributed by atoms with van der Waals surface area (Å²) in [6, 6.07) is 10.2. The topological polar surface area (TPSA) is 83.7 Å². The van der Waals surface area contributed by atoms with Crippen LogP contribution < -0.4 is 0 Å². The number of thiophene rings is 1. The highest BCUT2D eigenvalue weighted by atomic mass is 32.1. The van der Waals surface area contributed by atoms with Crippen LogP contribution in [0, 0.1) is 10.1 Å². The number of nitro groups is 1. The lowest BCUT2D eigenvalue weighted by Crippen LogP contribution is -2.27. The molecule has 24 heavy (non-hydrogen) atoms. The first kappa shape index (κ1) is 16.4. The van der Waals surface area contributed by atoms with Gasteiger partial charge in [-0.1, -0.05) is 12.1 Å². The molecule has 1 aromatic carbocycles. The van der Waals surface area contributed by atoms with Gasteiger partial charge in [0.25, 0.3) is 5.69 Å². The lowest BCUT2D eigenvalue weighted by atomic mass is 10.1. The van der Waals surface area contributed by atoms with E-state index >= 15 is 0 Å². The highest BCUT2D eigenvalue weighted by molar-refractivity contribution is 7.16. The lowest BCUT2D eigenvalue weighted by molar-refractivity contribution is -0.384. The largest absolute Gasteiger partial charge is 0.391 e. The third-order valence-electron chi connectivity index (χ3n) is 3.86. The maximum atomic E-state index is 12.0. The van der Waals surface area contributed by atoms with E-state index in [0.29, 0.717) is 25.1 Å². The number of aliphatic hydroxyl groups excluding tert-OH is 1. The summed E-state index contributed by atoms with van der Waals surface area (Å²) in [5.74, 6) is -0.132. The Morgan fingerprint density at radius 2 is 2.12 bits per heavy atom. The summed E-state index contributed by atoms with van der Waals surface area (Å²) in [6.07, 6.45) is 3.36. The van der Waals surface area contributed by atoms with Crippen molar-refractivity contribution in [3.05, 3.63) is 57.5 Å². The zero-order chi connectivity index (χ0) is 17.1. The summed E-state index contributed by atoms with van der Waals surface area (Å²) in [7, 11) is 0. The molecule has 1 N–H and O–H groups in total. The van der Waals surface area contributed by atoms with E-state index < -0.39 is 11.0 Å². The average Bonchev–Trinajstić information content (AvgIpc) is 3.21. The maximum absolute atomic E-state index is 12.0. The van der Waals surface area contributed by atoms with Crippen molar-refractivity contribution in [3.8, 4) is 10.4 Å². The molecule has 0 unspecified atom stereocenters. The number of para-hydroxylation sites is 1. The van der Waals surface area contributed by atoms with Gasteiger partial charge in [-0.2, -0.15) is 0 Å². The molecule has 1 fully saturated rings. The molecule has 1 aliphatic rings. The molecule has 2 aromatic rings. The van der Waals surface area contributed by atoms with E-state index in [4.69, 9.17) is 0 Å². The zero-order valence-corrected chi connectivity index (χ0v) is 13.6. The fraction of sp³-hybridized carbons (Fsp3) is 0.235. The van der Waals surface area contributed by atoms with Gasteiger partial charge in [-0.15, -0.1) is 11.3 Å². The van der Waals surface area contributed by atoms with Gasteiger partial charge in [0, 0.05) is 35.0 Å². The average molecular weight is 344 g/mol. The maximum Gasteiger partial charge on any atom is 0.278 e. The summed E-state index contributed by atoms with van der Waals surface area (Å²) in [5.41, 5.74) is 0.637. The number of β-amino-alcohol motifs (C(OH)–C–C–N with tert-alkyl or cyclic N) is 1. The Morgan fingerprint density at radius 3 is 2.83 bits per heavy atom. The molecule has 0 bridgehead atoms. The van der Waals surface area contributed by atoms with E-state index in [2.05, 4.69) is 0 Å². The van der Waals surface area contributed by atoms with Crippen LogP contribution in [-0.2, 0) is 4.79 Å². The van der Waals surface area contributed by atoms with E-state index in [1.54, 1.807) is 29.2 Å². The van der Waals surface area contributed by atoms with Gasteiger partial charge in [-0.3, -0.25) is 14.9 Å². The van der Waals surface area contributed by atoms with Crippen molar-refractivity contribution in [1.82, 2.24) is 4.90 Å². The summed E-state index contributed by atoms with van der Waals surface area (Å²) in [6.45, 7) is 0.936. The van der Waals surface area contributed by atoms with Crippen LogP contribution >= 0.6 is 11.3 Å². The number of likely N-dealkylation sites (tertiary alicyclic amines) is 1. The van der Waals surface area contributed by atoms with Crippen molar-refractivity contribution in [2.75, 3.05) is 13.1 Å². The van der Waals surface area contributed by atoms with Crippen LogP contribution in [0.2, 0.25) is 0 Å². The van der Waals surface area contributed by atoms with Gasteiger partial charge in [0.1, 0.15) is 0 Å². The van der Waals surface area contributed by atoms with Gasteiger partial charge in [0.2, 0.25) is 5.91 Å². The van der Waals surface area contributed by atoms with E-state index in [1.807, 2.05) is 12.1 Å². The quantitative estimate of drug-likeness (QED) is 0.525. The monoisotopic (exact) mass is 344 g/mol. The summed E-state index contributed by atoms with van der Waals surface area (Å²) in [4.78, 5) is 26.0. The molecule has 1 amide bonds. The number of carbonyl (C=O) groups excluding carboxylic acids is 1. The second kappa shape index (κ2) is 6.94. The molecule has 7 heteroatoms. The van der Waals surface area contributed by atoms with Crippen molar-refractivity contribution >= 4 is 29.0 Å². The molecule has 6 nitrogen and oxygen atoms in total.